The Bertz CT molecular complexity index is 427. The predicted octanol–water partition coefficient (Wildman–Crippen LogP) is 2.68. The highest BCUT2D eigenvalue weighted by Crippen LogP contribution is 2.33. The van der Waals surface area contributed by atoms with Gasteiger partial charge in [-0.25, -0.2) is 0 Å². The van der Waals surface area contributed by atoms with E-state index in [-0.39, 0.29) is 5.97 Å². The standard InChI is InChI=1S/C16H23NO2/c1-12(9-13-7-8-13)17-11-15-6-4-3-5-14(15)10-16(18)19-2/h3-6,12-13,17H,7-11H2,1-2H3. The monoisotopic (exact) mass is 261 g/mol. The molecule has 3 heteroatoms. The van der Waals surface area contributed by atoms with Gasteiger partial charge in [0.1, 0.15) is 0 Å². The van der Waals surface area contributed by atoms with Crippen molar-refractivity contribution in [3.8, 4) is 0 Å². The van der Waals surface area contributed by atoms with Gasteiger partial charge < -0.3 is 10.1 Å². The highest BCUT2D eigenvalue weighted by Gasteiger charge is 2.23. The van der Waals surface area contributed by atoms with E-state index in [1.807, 2.05) is 18.2 Å². The van der Waals surface area contributed by atoms with E-state index >= 15 is 0 Å². The summed E-state index contributed by atoms with van der Waals surface area (Å²) in [5.41, 5.74) is 2.25. The van der Waals surface area contributed by atoms with Crippen molar-refractivity contribution < 1.29 is 9.53 Å². The van der Waals surface area contributed by atoms with Gasteiger partial charge in [0.2, 0.25) is 0 Å². The van der Waals surface area contributed by atoms with E-state index < -0.39 is 0 Å². The molecule has 1 unspecified atom stereocenters. The van der Waals surface area contributed by atoms with E-state index in [4.69, 9.17) is 4.74 Å². The van der Waals surface area contributed by atoms with Crippen LogP contribution in [0.3, 0.4) is 0 Å². The highest BCUT2D eigenvalue weighted by molar-refractivity contribution is 5.72. The van der Waals surface area contributed by atoms with Crippen molar-refractivity contribution in [1.29, 1.82) is 0 Å². The van der Waals surface area contributed by atoms with Gasteiger partial charge in [-0.15, -0.1) is 0 Å². The lowest BCUT2D eigenvalue weighted by molar-refractivity contribution is -0.139. The first-order chi connectivity index (χ1) is 9.19. The third kappa shape index (κ3) is 4.67. The summed E-state index contributed by atoms with van der Waals surface area (Å²) in [5, 5.41) is 3.55. The van der Waals surface area contributed by atoms with Crippen LogP contribution in [0.1, 0.15) is 37.3 Å². The number of hydrogen-bond donors (Lipinski definition) is 1. The molecule has 0 radical (unpaired) electrons. The number of nitrogens with one attached hydrogen (secondary N) is 1. The van der Waals surface area contributed by atoms with Crippen LogP contribution in [-0.4, -0.2) is 19.1 Å². The molecule has 1 atom stereocenters. The molecule has 1 aromatic carbocycles. The molecule has 1 saturated carbocycles. The third-order valence-electron chi connectivity index (χ3n) is 3.71. The van der Waals surface area contributed by atoms with Crippen LogP contribution >= 0.6 is 0 Å². The maximum Gasteiger partial charge on any atom is 0.309 e. The van der Waals surface area contributed by atoms with Crippen molar-refractivity contribution in [2.24, 2.45) is 5.92 Å². The maximum atomic E-state index is 11.4. The molecule has 0 amide bonds. The summed E-state index contributed by atoms with van der Waals surface area (Å²) in [6.07, 6.45) is 4.40. The van der Waals surface area contributed by atoms with Gasteiger partial charge in [-0.3, -0.25) is 4.79 Å². The fourth-order valence-electron chi connectivity index (χ4n) is 2.35. The summed E-state index contributed by atoms with van der Waals surface area (Å²) < 4.78 is 4.74. The lowest BCUT2D eigenvalue weighted by atomic mass is 10.0. The third-order valence-corrected chi connectivity index (χ3v) is 3.71. The second-order valence-electron chi connectivity index (χ2n) is 5.48. The average molecular weight is 261 g/mol. The Morgan fingerprint density at radius 3 is 2.68 bits per heavy atom. The van der Waals surface area contributed by atoms with Crippen molar-refractivity contribution in [2.45, 2.75) is 45.2 Å². The van der Waals surface area contributed by atoms with Crippen LogP contribution in [0.5, 0.6) is 0 Å². The van der Waals surface area contributed by atoms with Crippen molar-refractivity contribution in [1.82, 2.24) is 5.32 Å². The van der Waals surface area contributed by atoms with Crippen LogP contribution in [0.2, 0.25) is 0 Å². The molecule has 2 rings (SSSR count). The number of benzene rings is 1. The molecule has 1 aromatic rings. The SMILES string of the molecule is COC(=O)Cc1ccccc1CNC(C)CC1CC1. The molecule has 0 aromatic heterocycles. The fraction of sp³-hybridized carbons (Fsp3) is 0.562. The second-order valence-corrected chi connectivity index (χ2v) is 5.48. The van der Waals surface area contributed by atoms with Crippen molar-refractivity contribution in [2.75, 3.05) is 7.11 Å². The fourth-order valence-corrected chi connectivity index (χ4v) is 2.35. The van der Waals surface area contributed by atoms with Crippen LogP contribution in [0.15, 0.2) is 24.3 Å². The van der Waals surface area contributed by atoms with Gasteiger partial charge in [0.15, 0.2) is 0 Å². The number of ether oxygens (including phenoxy) is 1. The number of esters is 1. The molecule has 1 fully saturated rings. The minimum atomic E-state index is -0.182. The van der Waals surface area contributed by atoms with Crippen molar-refractivity contribution in [3.05, 3.63) is 35.4 Å². The summed E-state index contributed by atoms with van der Waals surface area (Å²) >= 11 is 0. The molecule has 0 spiro atoms. The molecule has 3 nitrogen and oxygen atoms in total. The topological polar surface area (TPSA) is 38.3 Å². The first kappa shape index (κ1) is 14.1. The summed E-state index contributed by atoms with van der Waals surface area (Å²) in [6.45, 7) is 3.06. The van der Waals surface area contributed by atoms with Gasteiger partial charge in [-0.1, -0.05) is 37.1 Å². The Kier molecular flexibility index (Phi) is 4.97. The van der Waals surface area contributed by atoms with E-state index in [0.717, 1.165) is 18.0 Å². The average Bonchev–Trinajstić information content (AvgIpc) is 3.21. The Morgan fingerprint density at radius 1 is 1.37 bits per heavy atom. The van der Waals surface area contributed by atoms with Crippen LogP contribution in [0.25, 0.3) is 0 Å². The van der Waals surface area contributed by atoms with Gasteiger partial charge in [-0.05, 0) is 30.4 Å². The minimum Gasteiger partial charge on any atom is -0.469 e. The second kappa shape index (κ2) is 6.71. The van der Waals surface area contributed by atoms with E-state index in [9.17, 15) is 4.79 Å². The summed E-state index contributed by atoms with van der Waals surface area (Å²) in [7, 11) is 1.43. The Morgan fingerprint density at radius 2 is 2.05 bits per heavy atom. The predicted molar refractivity (Wildman–Crippen MR) is 75.8 cm³/mol. The molecule has 1 N–H and O–H groups in total. The Balaban J connectivity index is 1.88. The smallest absolute Gasteiger partial charge is 0.309 e. The summed E-state index contributed by atoms with van der Waals surface area (Å²) in [6, 6.07) is 8.60. The van der Waals surface area contributed by atoms with Crippen LogP contribution in [0.4, 0.5) is 0 Å². The van der Waals surface area contributed by atoms with Gasteiger partial charge in [-0.2, -0.15) is 0 Å². The van der Waals surface area contributed by atoms with Crippen LogP contribution in [0, 0.1) is 5.92 Å². The van der Waals surface area contributed by atoms with Gasteiger partial charge in [0, 0.05) is 12.6 Å². The van der Waals surface area contributed by atoms with Gasteiger partial charge in [0.25, 0.3) is 0 Å². The summed E-state index contributed by atoms with van der Waals surface area (Å²) in [4.78, 5) is 11.4. The molecule has 1 aliphatic carbocycles. The molecule has 0 aliphatic heterocycles. The molecule has 1 aliphatic rings. The molecular formula is C16H23NO2. The molecule has 19 heavy (non-hydrogen) atoms. The normalized spacial score (nSPS) is 16.1. The summed E-state index contributed by atoms with van der Waals surface area (Å²) in [5.74, 6) is 0.756. The number of carbonyl (C=O) groups excluding carboxylic acids is 1. The van der Waals surface area contributed by atoms with E-state index in [1.165, 1.54) is 31.9 Å². The first-order valence-electron chi connectivity index (χ1n) is 7.06. The van der Waals surface area contributed by atoms with Gasteiger partial charge >= 0.3 is 5.97 Å². The number of methoxy groups -OCH3 is 1. The van der Waals surface area contributed by atoms with Crippen LogP contribution < -0.4 is 5.32 Å². The van der Waals surface area contributed by atoms with Crippen molar-refractivity contribution in [3.63, 3.8) is 0 Å². The molecule has 0 saturated heterocycles. The number of hydrogen-bond acceptors (Lipinski definition) is 3. The number of carbonyl (C=O) groups is 1. The van der Waals surface area contributed by atoms with E-state index in [0.29, 0.717) is 12.5 Å². The molecule has 0 heterocycles. The number of rotatable bonds is 7. The van der Waals surface area contributed by atoms with Gasteiger partial charge in [0.05, 0.1) is 13.5 Å². The minimum absolute atomic E-state index is 0.182. The zero-order valence-electron chi connectivity index (χ0n) is 11.8. The Hall–Kier alpha value is -1.35. The molecule has 0 bridgehead atoms. The lowest BCUT2D eigenvalue weighted by Crippen LogP contribution is -2.26. The Labute approximate surface area is 115 Å². The molecular weight excluding hydrogens is 238 g/mol. The maximum absolute atomic E-state index is 11.4. The first-order valence-corrected chi connectivity index (χ1v) is 7.06. The molecule has 104 valence electrons. The van der Waals surface area contributed by atoms with Crippen molar-refractivity contribution >= 4 is 5.97 Å². The largest absolute Gasteiger partial charge is 0.469 e. The quantitative estimate of drug-likeness (QED) is 0.767. The van der Waals surface area contributed by atoms with E-state index in [2.05, 4.69) is 18.3 Å². The zero-order valence-corrected chi connectivity index (χ0v) is 11.8. The van der Waals surface area contributed by atoms with E-state index in [1.54, 1.807) is 0 Å². The highest BCUT2D eigenvalue weighted by atomic mass is 16.5. The lowest BCUT2D eigenvalue weighted by Gasteiger charge is -2.15. The van der Waals surface area contributed by atoms with Crippen LogP contribution in [-0.2, 0) is 22.5 Å². The zero-order chi connectivity index (χ0) is 13.7.